The normalized spacial score (nSPS) is 11.5. The molecule has 0 aliphatic carbocycles. The van der Waals surface area contributed by atoms with Crippen LogP contribution in [0.1, 0.15) is 22.8 Å². The van der Waals surface area contributed by atoms with Crippen molar-refractivity contribution in [1.82, 2.24) is 0 Å². The topological polar surface area (TPSA) is 87.7 Å². The Morgan fingerprint density at radius 1 is 0.969 bits per heavy atom. The first kappa shape index (κ1) is 23.0. The molecule has 6 nitrogen and oxygen atoms in total. The van der Waals surface area contributed by atoms with Gasteiger partial charge in [-0.05, 0) is 50.2 Å². The van der Waals surface area contributed by atoms with Crippen LogP contribution in [-0.4, -0.2) is 23.0 Å². The van der Waals surface area contributed by atoms with Gasteiger partial charge in [-0.1, -0.05) is 29.3 Å². The van der Waals surface area contributed by atoms with E-state index in [0.717, 1.165) is 29.8 Å². The highest BCUT2D eigenvalue weighted by Crippen LogP contribution is 2.34. The van der Waals surface area contributed by atoms with Gasteiger partial charge in [-0.2, -0.15) is 0 Å². The third-order valence-electron chi connectivity index (χ3n) is 4.48. The summed E-state index contributed by atoms with van der Waals surface area (Å²) in [7, 11) is 0. The SMILES string of the molecule is Cc1ccc(OC(C)C(=O)Nc2cc(O)c(NC(=O)c3ccc(F)c(F)c3)cc2Cl)cc1. The molecule has 1 unspecified atom stereocenters. The zero-order valence-electron chi connectivity index (χ0n) is 17.1. The Balaban J connectivity index is 1.69. The highest BCUT2D eigenvalue weighted by atomic mass is 35.5. The number of rotatable bonds is 6. The highest BCUT2D eigenvalue weighted by molar-refractivity contribution is 6.34. The van der Waals surface area contributed by atoms with Crippen LogP contribution in [0.3, 0.4) is 0 Å². The maximum absolute atomic E-state index is 13.3. The summed E-state index contributed by atoms with van der Waals surface area (Å²) in [5.41, 5.74) is 0.915. The minimum atomic E-state index is -1.18. The summed E-state index contributed by atoms with van der Waals surface area (Å²) >= 11 is 6.18. The first-order chi connectivity index (χ1) is 15.1. The Hall–Kier alpha value is -3.65. The molecule has 3 rings (SSSR count). The summed E-state index contributed by atoms with van der Waals surface area (Å²) in [6.07, 6.45) is -0.858. The van der Waals surface area contributed by atoms with Gasteiger partial charge in [-0.3, -0.25) is 9.59 Å². The fraction of sp³-hybridized carbons (Fsp3) is 0.130. The lowest BCUT2D eigenvalue weighted by atomic mass is 10.2. The Morgan fingerprint density at radius 3 is 2.31 bits per heavy atom. The molecule has 3 aromatic rings. The van der Waals surface area contributed by atoms with Crippen LogP contribution in [0.5, 0.6) is 11.5 Å². The van der Waals surface area contributed by atoms with Crippen LogP contribution >= 0.6 is 11.6 Å². The Kier molecular flexibility index (Phi) is 6.95. The van der Waals surface area contributed by atoms with E-state index in [4.69, 9.17) is 16.3 Å². The van der Waals surface area contributed by atoms with Crippen LogP contribution < -0.4 is 15.4 Å². The van der Waals surface area contributed by atoms with Crippen molar-refractivity contribution in [3.8, 4) is 11.5 Å². The molecule has 0 aromatic heterocycles. The van der Waals surface area contributed by atoms with E-state index >= 15 is 0 Å². The van der Waals surface area contributed by atoms with Crippen molar-refractivity contribution >= 4 is 34.8 Å². The van der Waals surface area contributed by atoms with E-state index in [1.54, 1.807) is 19.1 Å². The average Bonchev–Trinajstić information content (AvgIpc) is 2.75. The van der Waals surface area contributed by atoms with E-state index < -0.39 is 35.3 Å². The third kappa shape index (κ3) is 5.53. The molecule has 0 saturated carbocycles. The standard InChI is InChI=1S/C23H19ClF2N2O4/c1-12-3-6-15(7-4-12)32-13(2)22(30)27-19-11-21(29)20(10-16(19)24)28-23(31)14-5-8-17(25)18(26)9-14/h3-11,13,29H,1-2H3,(H,27,30)(H,28,31). The van der Waals surface area contributed by atoms with Crippen LogP contribution in [-0.2, 0) is 4.79 Å². The second-order valence-electron chi connectivity index (χ2n) is 6.99. The number of hydrogen-bond donors (Lipinski definition) is 3. The summed E-state index contributed by atoms with van der Waals surface area (Å²) in [5.74, 6) is -3.44. The van der Waals surface area contributed by atoms with Gasteiger partial charge in [0.05, 0.1) is 16.4 Å². The number of phenols is 1. The lowest BCUT2D eigenvalue weighted by Gasteiger charge is -2.16. The first-order valence-corrected chi connectivity index (χ1v) is 9.85. The fourth-order valence-electron chi connectivity index (χ4n) is 2.70. The van der Waals surface area contributed by atoms with E-state index in [0.29, 0.717) is 5.75 Å². The summed E-state index contributed by atoms with van der Waals surface area (Å²) in [5, 5.41) is 15.2. The minimum absolute atomic E-state index is 0.0271. The van der Waals surface area contributed by atoms with Crippen molar-refractivity contribution in [2.24, 2.45) is 0 Å². The van der Waals surface area contributed by atoms with Crippen molar-refractivity contribution in [3.63, 3.8) is 0 Å². The quantitative estimate of drug-likeness (QED) is 0.436. The number of halogens is 3. The number of aryl methyl sites for hydroxylation is 1. The van der Waals surface area contributed by atoms with Gasteiger partial charge < -0.3 is 20.5 Å². The van der Waals surface area contributed by atoms with Crippen LogP contribution in [0, 0.1) is 18.6 Å². The predicted molar refractivity (Wildman–Crippen MR) is 117 cm³/mol. The van der Waals surface area contributed by atoms with Crippen molar-refractivity contribution in [1.29, 1.82) is 0 Å². The Morgan fingerprint density at radius 2 is 1.66 bits per heavy atom. The largest absolute Gasteiger partial charge is 0.506 e. The molecule has 0 aliphatic heterocycles. The van der Waals surface area contributed by atoms with Crippen molar-refractivity contribution in [3.05, 3.63) is 82.4 Å². The number of ether oxygens (including phenoxy) is 1. The number of carbonyl (C=O) groups excluding carboxylic acids is 2. The van der Waals surface area contributed by atoms with Gasteiger partial charge in [0.2, 0.25) is 0 Å². The van der Waals surface area contributed by atoms with Crippen molar-refractivity contribution in [2.45, 2.75) is 20.0 Å². The Bertz CT molecular complexity index is 1170. The molecule has 2 amide bonds. The number of carbonyl (C=O) groups is 2. The summed E-state index contributed by atoms with van der Waals surface area (Å²) in [6.45, 7) is 3.48. The zero-order valence-corrected chi connectivity index (χ0v) is 17.8. The molecule has 0 saturated heterocycles. The number of nitrogens with one attached hydrogen (secondary N) is 2. The third-order valence-corrected chi connectivity index (χ3v) is 4.79. The van der Waals surface area contributed by atoms with E-state index in [9.17, 15) is 23.5 Å². The van der Waals surface area contributed by atoms with E-state index in [1.807, 2.05) is 19.1 Å². The van der Waals surface area contributed by atoms with E-state index in [-0.39, 0.29) is 22.0 Å². The maximum atomic E-state index is 13.3. The predicted octanol–water partition coefficient (Wildman–Crippen LogP) is 5.29. The number of benzene rings is 3. The van der Waals surface area contributed by atoms with Gasteiger partial charge in [-0.15, -0.1) is 0 Å². The molecule has 0 fully saturated rings. The second kappa shape index (κ2) is 9.65. The molecule has 0 radical (unpaired) electrons. The Labute approximate surface area is 187 Å². The molecule has 1 atom stereocenters. The summed E-state index contributed by atoms with van der Waals surface area (Å²) < 4.78 is 32.0. The lowest BCUT2D eigenvalue weighted by Crippen LogP contribution is -2.30. The molecular formula is C23H19ClF2N2O4. The van der Waals surface area contributed by atoms with Crippen LogP contribution in [0.15, 0.2) is 54.6 Å². The van der Waals surface area contributed by atoms with Gasteiger partial charge in [0.25, 0.3) is 11.8 Å². The van der Waals surface area contributed by atoms with E-state index in [1.165, 1.54) is 6.07 Å². The smallest absolute Gasteiger partial charge is 0.265 e. The average molecular weight is 461 g/mol. The van der Waals surface area contributed by atoms with Crippen LogP contribution in [0.25, 0.3) is 0 Å². The molecular weight excluding hydrogens is 442 g/mol. The van der Waals surface area contributed by atoms with Crippen LogP contribution in [0.4, 0.5) is 20.2 Å². The van der Waals surface area contributed by atoms with Gasteiger partial charge in [0, 0.05) is 11.6 Å². The number of aromatic hydroxyl groups is 1. The molecule has 0 aliphatic rings. The zero-order chi connectivity index (χ0) is 23.4. The fourth-order valence-corrected chi connectivity index (χ4v) is 2.91. The van der Waals surface area contributed by atoms with Crippen LogP contribution in [0.2, 0.25) is 5.02 Å². The lowest BCUT2D eigenvalue weighted by molar-refractivity contribution is -0.122. The van der Waals surface area contributed by atoms with Gasteiger partial charge in [0.15, 0.2) is 17.7 Å². The van der Waals surface area contributed by atoms with Gasteiger partial charge >= 0.3 is 0 Å². The van der Waals surface area contributed by atoms with Gasteiger partial charge in [0.1, 0.15) is 11.5 Å². The van der Waals surface area contributed by atoms with Gasteiger partial charge in [-0.25, -0.2) is 8.78 Å². The second-order valence-corrected chi connectivity index (χ2v) is 7.40. The number of amides is 2. The minimum Gasteiger partial charge on any atom is -0.506 e. The molecule has 0 heterocycles. The van der Waals surface area contributed by atoms with E-state index in [2.05, 4.69) is 10.6 Å². The summed E-state index contributed by atoms with van der Waals surface area (Å²) in [6, 6.07) is 12.2. The number of hydrogen-bond acceptors (Lipinski definition) is 4. The summed E-state index contributed by atoms with van der Waals surface area (Å²) in [4.78, 5) is 24.7. The molecule has 166 valence electrons. The molecule has 0 spiro atoms. The number of anilines is 2. The molecule has 9 heteroatoms. The highest BCUT2D eigenvalue weighted by Gasteiger charge is 2.19. The maximum Gasteiger partial charge on any atom is 0.265 e. The van der Waals surface area contributed by atoms with Crippen molar-refractivity contribution < 1.29 is 28.2 Å². The molecule has 32 heavy (non-hydrogen) atoms. The first-order valence-electron chi connectivity index (χ1n) is 9.47. The van der Waals surface area contributed by atoms with Crippen molar-refractivity contribution in [2.75, 3.05) is 10.6 Å². The molecule has 0 bridgehead atoms. The number of phenolic OH excluding ortho intramolecular Hbond substituents is 1. The molecule has 3 N–H and O–H groups in total. The monoisotopic (exact) mass is 460 g/mol. The molecule has 3 aromatic carbocycles.